The normalized spacial score (nSPS) is 11.2. The first-order valence-corrected chi connectivity index (χ1v) is 10.5. The van der Waals surface area contributed by atoms with Crippen molar-refractivity contribution in [2.45, 2.75) is 13.5 Å². The molecule has 0 saturated heterocycles. The fraction of sp³-hybridized carbons (Fsp3) is 0.130. The molecule has 0 saturated carbocycles. The molecule has 0 radical (unpaired) electrons. The van der Waals surface area contributed by atoms with E-state index in [0.29, 0.717) is 21.5 Å². The Morgan fingerprint density at radius 2 is 2.06 bits per heavy atom. The van der Waals surface area contributed by atoms with Crippen LogP contribution in [0.5, 0.6) is 11.5 Å². The Balaban J connectivity index is 1.55. The maximum absolute atomic E-state index is 13.1. The molecule has 0 aliphatic heterocycles. The summed E-state index contributed by atoms with van der Waals surface area (Å²) in [6.07, 6.45) is 2.79. The third-order valence-corrected chi connectivity index (χ3v) is 5.85. The topological polar surface area (TPSA) is 106 Å². The molecule has 0 atom stereocenters. The number of ether oxygens (including phenoxy) is 1. The lowest BCUT2D eigenvalue weighted by Gasteiger charge is -2.06. The molecule has 0 fully saturated rings. The number of benzene rings is 2. The number of nitrogens with one attached hydrogen (secondary N) is 1. The third kappa shape index (κ3) is 4.23. The number of aryl methyl sites for hydroxylation is 1. The molecule has 0 aliphatic carbocycles. The monoisotopic (exact) mass is 448 g/mol. The number of carbonyl (C=O) groups excluding carboxylic acids is 1. The number of fused-ring (bicyclic) bond motifs is 1. The second kappa shape index (κ2) is 9.03. The maximum atomic E-state index is 13.1. The van der Waals surface area contributed by atoms with Crippen LogP contribution in [-0.2, 0) is 11.3 Å². The van der Waals surface area contributed by atoms with Crippen LogP contribution in [0.15, 0.2) is 64.8 Å². The van der Waals surface area contributed by atoms with Crippen LogP contribution >= 0.6 is 11.3 Å². The van der Waals surface area contributed by atoms with Crippen LogP contribution in [0.2, 0.25) is 0 Å². The number of aromatic nitrogens is 2. The number of methoxy groups -OCH3 is 1. The van der Waals surface area contributed by atoms with E-state index in [1.807, 2.05) is 37.3 Å². The van der Waals surface area contributed by atoms with Crippen molar-refractivity contribution in [2.24, 2.45) is 5.10 Å². The highest BCUT2D eigenvalue weighted by Crippen LogP contribution is 2.35. The predicted molar refractivity (Wildman–Crippen MR) is 124 cm³/mol. The van der Waals surface area contributed by atoms with Crippen molar-refractivity contribution in [3.63, 3.8) is 0 Å². The van der Waals surface area contributed by atoms with Crippen LogP contribution < -0.4 is 15.7 Å². The lowest BCUT2D eigenvalue weighted by atomic mass is 10.0. The van der Waals surface area contributed by atoms with E-state index in [1.54, 1.807) is 12.1 Å². The lowest BCUT2D eigenvalue weighted by molar-refractivity contribution is -0.121. The van der Waals surface area contributed by atoms with Gasteiger partial charge in [0.15, 0.2) is 11.5 Å². The van der Waals surface area contributed by atoms with E-state index in [4.69, 9.17) is 4.74 Å². The van der Waals surface area contributed by atoms with Gasteiger partial charge in [0.25, 0.3) is 11.5 Å². The summed E-state index contributed by atoms with van der Waals surface area (Å²) in [5, 5.41) is 14.0. The van der Waals surface area contributed by atoms with E-state index in [9.17, 15) is 14.7 Å². The zero-order chi connectivity index (χ0) is 22.7. The Morgan fingerprint density at radius 1 is 1.28 bits per heavy atom. The summed E-state index contributed by atoms with van der Waals surface area (Å²) in [5.74, 6) is -0.163. The second-order valence-electron chi connectivity index (χ2n) is 6.98. The van der Waals surface area contributed by atoms with Crippen LogP contribution in [0.25, 0.3) is 21.3 Å². The number of thiophene rings is 1. The molecule has 2 N–H and O–H groups in total. The summed E-state index contributed by atoms with van der Waals surface area (Å²) in [4.78, 5) is 31.5. The first-order chi connectivity index (χ1) is 15.5. The summed E-state index contributed by atoms with van der Waals surface area (Å²) in [6, 6.07) is 14.3. The summed E-state index contributed by atoms with van der Waals surface area (Å²) < 4.78 is 6.31. The number of hydrogen-bond donors (Lipinski definition) is 2. The average molecular weight is 449 g/mol. The van der Waals surface area contributed by atoms with Gasteiger partial charge in [-0.15, -0.1) is 11.3 Å². The molecule has 4 rings (SSSR count). The first kappa shape index (κ1) is 21.3. The molecular formula is C23H20N4O4S. The Hall–Kier alpha value is -3.98. The summed E-state index contributed by atoms with van der Waals surface area (Å²) in [7, 11) is 1.44. The van der Waals surface area contributed by atoms with E-state index in [-0.39, 0.29) is 17.9 Å². The molecule has 32 heavy (non-hydrogen) atoms. The van der Waals surface area contributed by atoms with Crippen molar-refractivity contribution in [1.29, 1.82) is 0 Å². The molecule has 8 nitrogen and oxygen atoms in total. The zero-order valence-corrected chi connectivity index (χ0v) is 18.2. The van der Waals surface area contributed by atoms with E-state index in [2.05, 4.69) is 15.5 Å². The molecule has 2 aromatic carbocycles. The number of aromatic hydroxyl groups is 1. The van der Waals surface area contributed by atoms with E-state index in [1.165, 1.54) is 41.6 Å². The van der Waals surface area contributed by atoms with Gasteiger partial charge in [-0.3, -0.25) is 14.2 Å². The summed E-state index contributed by atoms with van der Waals surface area (Å²) in [6.45, 7) is 1.74. The highest BCUT2D eigenvalue weighted by molar-refractivity contribution is 7.19. The number of phenolic OH excluding ortho intramolecular Hbond substituents is 1. The van der Waals surface area contributed by atoms with Gasteiger partial charge in [-0.05, 0) is 36.2 Å². The van der Waals surface area contributed by atoms with Crippen molar-refractivity contribution in [3.05, 3.63) is 75.7 Å². The summed E-state index contributed by atoms with van der Waals surface area (Å²) >= 11 is 1.45. The minimum absolute atomic E-state index is 0.00879. The van der Waals surface area contributed by atoms with Gasteiger partial charge >= 0.3 is 0 Å². The third-order valence-electron chi connectivity index (χ3n) is 4.84. The number of amides is 1. The molecule has 0 bridgehead atoms. The van der Waals surface area contributed by atoms with Crippen molar-refractivity contribution in [3.8, 4) is 22.6 Å². The molecule has 0 aliphatic rings. The average Bonchev–Trinajstić information content (AvgIpc) is 3.14. The van der Waals surface area contributed by atoms with Crippen LogP contribution in [0.4, 0.5) is 0 Å². The molecule has 0 spiro atoms. The fourth-order valence-corrected chi connectivity index (χ4v) is 4.35. The van der Waals surface area contributed by atoms with Crippen molar-refractivity contribution in [2.75, 3.05) is 7.11 Å². The Morgan fingerprint density at radius 3 is 2.81 bits per heavy atom. The first-order valence-electron chi connectivity index (χ1n) is 9.71. The van der Waals surface area contributed by atoms with Gasteiger partial charge in [0, 0.05) is 10.4 Å². The smallest absolute Gasteiger partial charge is 0.263 e. The van der Waals surface area contributed by atoms with Gasteiger partial charge in [0.1, 0.15) is 11.4 Å². The highest BCUT2D eigenvalue weighted by Gasteiger charge is 2.17. The zero-order valence-electron chi connectivity index (χ0n) is 17.4. The van der Waals surface area contributed by atoms with Crippen LogP contribution in [0.1, 0.15) is 10.4 Å². The molecule has 4 aromatic rings. The molecular weight excluding hydrogens is 428 g/mol. The van der Waals surface area contributed by atoms with Crippen molar-refractivity contribution >= 4 is 33.7 Å². The fourth-order valence-electron chi connectivity index (χ4n) is 3.35. The van der Waals surface area contributed by atoms with Gasteiger partial charge in [0.2, 0.25) is 0 Å². The largest absolute Gasteiger partial charge is 0.504 e. The number of hydrazone groups is 1. The lowest BCUT2D eigenvalue weighted by Crippen LogP contribution is -2.30. The van der Waals surface area contributed by atoms with E-state index < -0.39 is 5.91 Å². The number of rotatable bonds is 6. The quantitative estimate of drug-likeness (QED) is 0.348. The maximum Gasteiger partial charge on any atom is 0.263 e. The minimum atomic E-state index is -0.469. The number of carbonyl (C=O) groups is 1. The molecule has 9 heteroatoms. The Bertz CT molecular complexity index is 1380. The molecule has 0 unspecified atom stereocenters. The van der Waals surface area contributed by atoms with Crippen LogP contribution in [0.3, 0.4) is 0 Å². The van der Waals surface area contributed by atoms with Crippen LogP contribution in [0, 0.1) is 6.92 Å². The Kier molecular flexibility index (Phi) is 6.00. The highest BCUT2D eigenvalue weighted by atomic mass is 32.1. The van der Waals surface area contributed by atoms with Crippen molar-refractivity contribution < 1.29 is 14.6 Å². The second-order valence-corrected chi connectivity index (χ2v) is 8.18. The van der Waals surface area contributed by atoms with Crippen molar-refractivity contribution in [1.82, 2.24) is 15.0 Å². The van der Waals surface area contributed by atoms with Gasteiger partial charge in [0.05, 0.1) is 25.0 Å². The number of nitrogens with zero attached hydrogens (tertiary/aromatic N) is 3. The molecule has 2 heterocycles. The molecule has 1 amide bonds. The van der Waals surface area contributed by atoms with Gasteiger partial charge in [-0.1, -0.05) is 30.3 Å². The standard InChI is InChI=1S/C23H20N4O4S/c1-14-20(16-6-4-3-5-7-16)21-22(32-14)24-13-27(23(21)30)12-19(29)26-25-11-15-8-9-17(28)18(10-15)31-2/h3-11,13,28H,12H2,1-2H3,(H,26,29)/b25-11+. The Labute approximate surface area is 187 Å². The van der Waals surface area contributed by atoms with Gasteiger partial charge in [-0.25, -0.2) is 10.4 Å². The van der Waals surface area contributed by atoms with E-state index >= 15 is 0 Å². The predicted octanol–water partition coefficient (Wildman–Crippen LogP) is 3.30. The SMILES string of the molecule is COc1cc(/C=N/NC(=O)Cn2cnc3sc(C)c(-c4ccccc4)c3c2=O)ccc1O. The van der Waals surface area contributed by atoms with Gasteiger partial charge in [-0.2, -0.15) is 5.10 Å². The van der Waals surface area contributed by atoms with E-state index in [0.717, 1.165) is 16.0 Å². The molecule has 162 valence electrons. The number of phenols is 1. The van der Waals surface area contributed by atoms with Crippen LogP contribution in [-0.4, -0.2) is 33.9 Å². The number of hydrogen-bond acceptors (Lipinski definition) is 7. The van der Waals surface area contributed by atoms with Gasteiger partial charge < -0.3 is 9.84 Å². The summed E-state index contributed by atoms with van der Waals surface area (Å²) in [5.41, 5.74) is 4.53. The minimum Gasteiger partial charge on any atom is -0.504 e. The molecule has 2 aromatic heterocycles.